The van der Waals surface area contributed by atoms with Gasteiger partial charge in [0.2, 0.25) is 0 Å². The van der Waals surface area contributed by atoms with Crippen LogP contribution in [0.2, 0.25) is 0 Å². The molecule has 0 spiro atoms. The number of hydrogen-bond acceptors (Lipinski definition) is 6. The van der Waals surface area contributed by atoms with Gasteiger partial charge in [-0.1, -0.05) is 11.8 Å². The van der Waals surface area contributed by atoms with Gasteiger partial charge in [-0.15, -0.1) is 0 Å². The Kier molecular flexibility index (Phi) is 5.50. The molecule has 0 amide bonds. The van der Waals surface area contributed by atoms with E-state index >= 15 is 0 Å². The van der Waals surface area contributed by atoms with Crippen molar-refractivity contribution in [1.29, 1.82) is 0 Å². The molecule has 6 heteroatoms. The Morgan fingerprint density at radius 2 is 2.18 bits per heavy atom. The lowest BCUT2D eigenvalue weighted by molar-refractivity contribution is 0.390. The summed E-state index contributed by atoms with van der Waals surface area (Å²) in [6, 6.07) is 2.13. The van der Waals surface area contributed by atoms with E-state index in [0.29, 0.717) is 17.0 Å². The van der Waals surface area contributed by atoms with Crippen LogP contribution >= 0.6 is 11.8 Å². The van der Waals surface area contributed by atoms with Crippen LogP contribution in [0.25, 0.3) is 0 Å². The van der Waals surface area contributed by atoms with Crippen LogP contribution in [0.4, 0.5) is 11.6 Å². The zero-order valence-corrected chi connectivity index (χ0v) is 11.7. The maximum atomic E-state index is 5.72. The molecule has 0 saturated heterocycles. The quantitative estimate of drug-likeness (QED) is 0.593. The smallest absolute Gasteiger partial charge is 0.191 e. The van der Waals surface area contributed by atoms with Crippen LogP contribution in [0, 0.1) is 0 Å². The van der Waals surface area contributed by atoms with E-state index in [-0.39, 0.29) is 0 Å². The van der Waals surface area contributed by atoms with E-state index in [4.69, 9.17) is 5.73 Å². The highest BCUT2D eigenvalue weighted by Crippen LogP contribution is 2.16. The molecule has 0 fully saturated rings. The van der Waals surface area contributed by atoms with Crippen molar-refractivity contribution in [2.24, 2.45) is 0 Å². The first-order chi connectivity index (χ1) is 8.01. The van der Waals surface area contributed by atoms with Crippen LogP contribution in [0.1, 0.15) is 13.3 Å². The first-order valence-corrected chi connectivity index (χ1v) is 6.83. The molecule has 1 rings (SSSR count). The molecular weight excluding hydrogens is 234 g/mol. The van der Waals surface area contributed by atoms with Crippen LogP contribution in [0.15, 0.2) is 11.2 Å². The summed E-state index contributed by atoms with van der Waals surface area (Å²) in [6.45, 7) is 3.19. The van der Waals surface area contributed by atoms with Crippen molar-refractivity contribution in [2.45, 2.75) is 24.5 Å². The van der Waals surface area contributed by atoms with Crippen LogP contribution in [0.3, 0.4) is 0 Å². The predicted molar refractivity (Wildman–Crippen MR) is 74.5 cm³/mol. The lowest BCUT2D eigenvalue weighted by Gasteiger charge is -2.17. The third kappa shape index (κ3) is 5.23. The highest BCUT2D eigenvalue weighted by Gasteiger charge is 2.06. The Morgan fingerprint density at radius 3 is 2.76 bits per heavy atom. The highest BCUT2D eigenvalue weighted by atomic mass is 32.2. The number of nitrogens with two attached hydrogens (primary N) is 1. The molecule has 96 valence electrons. The first-order valence-electron chi connectivity index (χ1n) is 5.61. The van der Waals surface area contributed by atoms with Gasteiger partial charge in [-0.05, 0) is 40.2 Å². The minimum Gasteiger partial charge on any atom is -0.383 e. The number of aromatic nitrogens is 2. The topological polar surface area (TPSA) is 67.1 Å². The van der Waals surface area contributed by atoms with Crippen LogP contribution in [0.5, 0.6) is 0 Å². The Morgan fingerprint density at radius 1 is 1.47 bits per heavy atom. The number of nitrogens with zero attached hydrogens (tertiary/aromatic N) is 3. The van der Waals surface area contributed by atoms with E-state index in [9.17, 15) is 0 Å². The summed E-state index contributed by atoms with van der Waals surface area (Å²) in [5.41, 5.74) is 5.72. The molecule has 0 saturated carbocycles. The Labute approximate surface area is 107 Å². The lowest BCUT2D eigenvalue weighted by atomic mass is 10.2. The summed E-state index contributed by atoms with van der Waals surface area (Å²) in [5.74, 6) is 1.31. The number of rotatable bonds is 6. The summed E-state index contributed by atoms with van der Waals surface area (Å²) in [5, 5.41) is 4.04. The molecule has 0 radical (unpaired) electrons. The molecular formula is C11H21N5S. The molecule has 5 nitrogen and oxygen atoms in total. The average molecular weight is 255 g/mol. The SMILES string of the molecule is CSc1nc(N)cc(NC(C)CCN(C)C)n1. The molecule has 1 aromatic heterocycles. The molecule has 0 aliphatic heterocycles. The molecule has 1 aromatic rings. The number of nitrogens with one attached hydrogen (secondary N) is 1. The maximum absolute atomic E-state index is 5.72. The summed E-state index contributed by atoms with van der Waals surface area (Å²) < 4.78 is 0. The number of thioether (sulfide) groups is 1. The van der Waals surface area contributed by atoms with Gasteiger partial charge in [-0.3, -0.25) is 0 Å². The Hall–Kier alpha value is -1.01. The molecule has 0 aliphatic carbocycles. The van der Waals surface area contributed by atoms with Gasteiger partial charge in [-0.2, -0.15) is 0 Å². The Bertz CT molecular complexity index is 356. The van der Waals surface area contributed by atoms with Gasteiger partial charge in [0.1, 0.15) is 11.6 Å². The second-order valence-electron chi connectivity index (χ2n) is 4.30. The standard InChI is InChI=1S/C11H21N5S/c1-8(5-6-16(2)3)13-10-7-9(12)14-11(15-10)17-4/h7-8H,5-6H2,1-4H3,(H3,12,13,14,15). The van der Waals surface area contributed by atoms with E-state index in [1.807, 2.05) is 6.26 Å². The molecule has 3 N–H and O–H groups in total. The van der Waals surface area contributed by atoms with Crippen molar-refractivity contribution in [3.8, 4) is 0 Å². The van der Waals surface area contributed by atoms with E-state index in [2.05, 4.69) is 41.2 Å². The number of nitrogen functional groups attached to an aromatic ring is 1. The zero-order valence-electron chi connectivity index (χ0n) is 10.9. The van der Waals surface area contributed by atoms with Gasteiger partial charge in [0.15, 0.2) is 5.16 Å². The summed E-state index contributed by atoms with van der Waals surface area (Å²) >= 11 is 1.49. The zero-order chi connectivity index (χ0) is 12.8. The van der Waals surface area contributed by atoms with Crippen LogP contribution < -0.4 is 11.1 Å². The predicted octanol–water partition coefficient (Wildman–Crippen LogP) is 1.53. The van der Waals surface area contributed by atoms with E-state index in [1.165, 1.54) is 11.8 Å². The van der Waals surface area contributed by atoms with Gasteiger partial charge in [0.25, 0.3) is 0 Å². The van der Waals surface area contributed by atoms with Crippen molar-refractivity contribution in [2.75, 3.05) is 37.9 Å². The maximum Gasteiger partial charge on any atom is 0.191 e. The fourth-order valence-corrected chi connectivity index (χ4v) is 1.77. The summed E-state index contributed by atoms with van der Waals surface area (Å²) in [6.07, 6.45) is 3.00. The number of hydrogen-bond donors (Lipinski definition) is 2. The molecule has 17 heavy (non-hydrogen) atoms. The second kappa shape index (κ2) is 6.66. The lowest BCUT2D eigenvalue weighted by Crippen LogP contribution is -2.23. The average Bonchev–Trinajstić information content (AvgIpc) is 2.25. The molecule has 1 atom stereocenters. The molecule has 0 aliphatic rings. The van der Waals surface area contributed by atoms with Crippen LogP contribution in [-0.4, -0.2) is 47.8 Å². The largest absolute Gasteiger partial charge is 0.383 e. The number of anilines is 2. The van der Waals surface area contributed by atoms with E-state index in [1.54, 1.807) is 6.07 Å². The van der Waals surface area contributed by atoms with E-state index in [0.717, 1.165) is 18.8 Å². The van der Waals surface area contributed by atoms with Crippen LogP contribution in [-0.2, 0) is 0 Å². The van der Waals surface area contributed by atoms with E-state index < -0.39 is 0 Å². The molecule has 0 bridgehead atoms. The summed E-state index contributed by atoms with van der Waals surface area (Å²) in [7, 11) is 4.14. The highest BCUT2D eigenvalue weighted by molar-refractivity contribution is 7.98. The normalized spacial score (nSPS) is 12.8. The van der Waals surface area contributed by atoms with Crippen molar-refractivity contribution < 1.29 is 0 Å². The van der Waals surface area contributed by atoms with Gasteiger partial charge >= 0.3 is 0 Å². The molecule has 1 unspecified atom stereocenters. The van der Waals surface area contributed by atoms with Gasteiger partial charge in [0, 0.05) is 12.1 Å². The van der Waals surface area contributed by atoms with Gasteiger partial charge in [-0.25, -0.2) is 9.97 Å². The Balaban J connectivity index is 2.58. The summed E-state index contributed by atoms with van der Waals surface area (Å²) in [4.78, 5) is 10.6. The second-order valence-corrected chi connectivity index (χ2v) is 5.08. The van der Waals surface area contributed by atoms with Crippen molar-refractivity contribution >= 4 is 23.4 Å². The van der Waals surface area contributed by atoms with Gasteiger partial charge < -0.3 is 16.0 Å². The van der Waals surface area contributed by atoms with Crippen molar-refractivity contribution in [1.82, 2.24) is 14.9 Å². The van der Waals surface area contributed by atoms with Gasteiger partial charge in [0.05, 0.1) is 0 Å². The first kappa shape index (κ1) is 14.1. The fourth-order valence-electron chi connectivity index (χ4n) is 1.38. The third-order valence-corrected chi connectivity index (χ3v) is 2.86. The molecule has 1 heterocycles. The minimum absolute atomic E-state index is 0.362. The fraction of sp³-hybridized carbons (Fsp3) is 0.636. The minimum atomic E-state index is 0.362. The molecule has 0 aromatic carbocycles. The van der Waals surface area contributed by atoms with Crippen molar-refractivity contribution in [3.05, 3.63) is 6.07 Å². The monoisotopic (exact) mass is 255 g/mol. The van der Waals surface area contributed by atoms with Crippen molar-refractivity contribution in [3.63, 3.8) is 0 Å². The third-order valence-electron chi connectivity index (χ3n) is 2.31.